The fourth-order valence-corrected chi connectivity index (χ4v) is 4.86. The molecule has 0 N–H and O–H groups in total. The smallest absolute Gasteiger partial charge is 0.291 e. The number of ether oxygens (including phenoxy) is 4. The molecule has 192 valence electrons. The lowest BCUT2D eigenvalue weighted by atomic mass is 9.86. The highest BCUT2D eigenvalue weighted by molar-refractivity contribution is 6.44. The van der Waals surface area contributed by atoms with E-state index in [0.717, 1.165) is 19.6 Å². The van der Waals surface area contributed by atoms with Gasteiger partial charge in [0.1, 0.15) is 11.7 Å². The molecule has 0 radical (unpaired) electrons. The summed E-state index contributed by atoms with van der Waals surface area (Å²) in [6.45, 7) is 4.18. The van der Waals surface area contributed by atoms with Crippen molar-refractivity contribution in [2.24, 2.45) is 5.92 Å². The third-order valence-electron chi connectivity index (χ3n) is 6.79. The number of rotatable bonds is 10. The van der Waals surface area contributed by atoms with E-state index >= 15 is 0 Å². The molecule has 4 rings (SSSR count). The van der Waals surface area contributed by atoms with Gasteiger partial charge in [-0.2, -0.15) is 0 Å². The van der Waals surface area contributed by atoms with E-state index in [1.807, 2.05) is 0 Å². The lowest BCUT2D eigenvalue weighted by molar-refractivity contribution is -0.140. The van der Waals surface area contributed by atoms with Crippen molar-refractivity contribution in [2.45, 2.75) is 12.5 Å². The van der Waals surface area contributed by atoms with Crippen LogP contribution in [0.5, 0.6) is 17.2 Å². The maximum Gasteiger partial charge on any atom is 0.291 e. The Bertz CT molecular complexity index is 1100. The van der Waals surface area contributed by atoms with Crippen LogP contribution in [0.2, 0.25) is 0 Å². The minimum atomic E-state index is -1.16. The Morgan fingerprint density at radius 1 is 0.917 bits per heavy atom. The Labute approximate surface area is 210 Å². The molecule has 9 heteroatoms. The Kier molecular flexibility index (Phi) is 8.22. The van der Waals surface area contributed by atoms with Crippen LogP contribution < -0.4 is 14.2 Å². The van der Waals surface area contributed by atoms with Crippen molar-refractivity contribution in [2.75, 3.05) is 60.7 Å². The number of morpholine rings is 1. The van der Waals surface area contributed by atoms with Gasteiger partial charge in [0.05, 0.1) is 40.6 Å². The van der Waals surface area contributed by atoms with Crippen LogP contribution in [0.15, 0.2) is 42.5 Å². The van der Waals surface area contributed by atoms with Gasteiger partial charge in [0.25, 0.3) is 5.91 Å². The number of hydrogen-bond acceptors (Lipinski definition) is 8. The number of likely N-dealkylation sites (tertiary alicyclic amines) is 1. The molecule has 1 amide bonds. The van der Waals surface area contributed by atoms with Crippen LogP contribution >= 0.6 is 0 Å². The van der Waals surface area contributed by atoms with Crippen LogP contribution in [0.4, 0.5) is 0 Å². The number of nitrogens with zero attached hydrogens (tertiary/aromatic N) is 2. The number of benzene rings is 2. The molecule has 2 fully saturated rings. The fraction of sp³-hybridized carbons (Fsp3) is 0.444. The Balaban J connectivity index is 1.65. The van der Waals surface area contributed by atoms with Gasteiger partial charge in [0.2, 0.25) is 5.78 Å². The second-order valence-corrected chi connectivity index (χ2v) is 8.80. The predicted molar refractivity (Wildman–Crippen MR) is 132 cm³/mol. The molecule has 2 aliphatic rings. The summed E-state index contributed by atoms with van der Waals surface area (Å²) in [4.78, 5) is 43.9. The lowest BCUT2D eigenvalue weighted by Gasteiger charge is -2.30. The summed E-state index contributed by atoms with van der Waals surface area (Å²) in [7, 11) is 4.60. The summed E-state index contributed by atoms with van der Waals surface area (Å²) in [5.74, 6) is -1.30. The molecule has 2 atom stereocenters. The van der Waals surface area contributed by atoms with E-state index in [1.165, 1.54) is 26.2 Å². The molecule has 0 saturated carbocycles. The van der Waals surface area contributed by atoms with E-state index < -0.39 is 29.4 Å². The lowest BCUT2D eigenvalue weighted by Crippen LogP contribution is -2.39. The van der Waals surface area contributed by atoms with Crippen LogP contribution in [-0.4, -0.2) is 88.0 Å². The first-order chi connectivity index (χ1) is 17.5. The van der Waals surface area contributed by atoms with Crippen molar-refractivity contribution in [3.63, 3.8) is 0 Å². The van der Waals surface area contributed by atoms with E-state index in [9.17, 15) is 14.4 Å². The zero-order valence-electron chi connectivity index (χ0n) is 20.9. The number of carbonyl (C=O) groups excluding carboxylic acids is 3. The van der Waals surface area contributed by atoms with E-state index in [0.29, 0.717) is 54.6 Å². The molecule has 2 heterocycles. The molecule has 36 heavy (non-hydrogen) atoms. The summed E-state index contributed by atoms with van der Waals surface area (Å²) in [5.41, 5.74) is 0.993. The minimum absolute atomic E-state index is 0.350. The van der Waals surface area contributed by atoms with Crippen LogP contribution in [0.25, 0.3) is 0 Å². The maximum absolute atomic E-state index is 13.6. The molecule has 2 saturated heterocycles. The van der Waals surface area contributed by atoms with E-state index in [-0.39, 0.29) is 0 Å². The van der Waals surface area contributed by atoms with Crippen LogP contribution in [-0.2, 0) is 14.3 Å². The largest absolute Gasteiger partial charge is 0.497 e. The monoisotopic (exact) mass is 496 g/mol. The average molecular weight is 497 g/mol. The summed E-state index contributed by atoms with van der Waals surface area (Å²) >= 11 is 0. The molecule has 2 unspecified atom stereocenters. The Morgan fingerprint density at radius 3 is 2.25 bits per heavy atom. The maximum atomic E-state index is 13.6. The minimum Gasteiger partial charge on any atom is -0.497 e. The molecular formula is C27H32N2O7. The van der Waals surface area contributed by atoms with Gasteiger partial charge in [-0.3, -0.25) is 19.3 Å². The highest BCUT2D eigenvalue weighted by Crippen LogP contribution is 2.41. The van der Waals surface area contributed by atoms with Gasteiger partial charge in [0, 0.05) is 31.7 Å². The number of ketones is 2. The van der Waals surface area contributed by atoms with Crippen molar-refractivity contribution in [1.82, 2.24) is 9.80 Å². The van der Waals surface area contributed by atoms with Crippen molar-refractivity contribution in [3.8, 4) is 17.2 Å². The van der Waals surface area contributed by atoms with E-state index in [4.69, 9.17) is 18.9 Å². The first-order valence-electron chi connectivity index (χ1n) is 12.0. The number of amides is 1. The normalized spacial score (nSPS) is 20.5. The topological polar surface area (TPSA) is 94.6 Å². The zero-order valence-corrected chi connectivity index (χ0v) is 20.9. The third-order valence-corrected chi connectivity index (χ3v) is 6.79. The van der Waals surface area contributed by atoms with Gasteiger partial charge in [-0.05, 0) is 48.4 Å². The predicted octanol–water partition coefficient (Wildman–Crippen LogP) is 2.39. The highest BCUT2D eigenvalue weighted by Gasteiger charge is 2.51. The van der Waals surface area contributed by atoms with Crippen LogP contribution in [0.3, 0.4) is 0 Å². The second-order valence-electron chi connectivity index (χ2n) is 8.80. The van der Waals surface area contributed by atoms with Gasteiger partial charge < -0.3 is 23.8 Å². The highest BCUT2D eigenvalue weighted by atomic mass is 16.5. The van der Waals surface area contributed by atoms with Gasteiger partial charge >= 0.3 is 0 Å². The van der Waals surface area contributed by atoms with Gasteiger partial charge in [0.15, 0.2) is 17.3 Å². The van der Waals surface area contributed by atoms with Crippen LogP contribution in [0, 0.1) is 5.92 Å². The van der Waals surface area contributed by atoms with Crippen molar-refractivity contribution < 1.29 is 33.3 Å². The number of hydrogen-bond donors (Lipinski definition) is 0. The van der Waals surface area contributed by atoms with Gasteiger partial charge in [-0.15, -0.1) is 0 Å². The summed E-state index contributed by atoms with van der Waals surface area (Å²) < 4.78 is 21.4. The summed E-state index contributed by atoms with van der Waals surface area (Å²) in [6, 6.07) is 11.1. The number of Topliss-reactive ketones (excluding diaryl/α,β-unsaturated/α-hetero) is 2. The molecule has 2 aromatic carbocycles. The SMILES string of the molecule is COc1ccc(C(=O)C2C(=O)C(=O)N(CCCN3CCOCC3)C2c2ccc(OC)c(OC)c2)cc1. The summed E-state index contributed by atoms with van der Waals surface area (Å²) in [6.07, 6.45) is 0.673. The second kappa shape index (κ2) is 11.5. The standard InChI is InChI=1S/C27H32N2O7/c1-33-20-8-5-18(6-9-20)25(30)23-24(19-7-10-21(34-2)22(17-19)35-3)29(27(32)26(23)31)12-4-11-28-13-15-36-16-14-28/h5-10,17,23-24H,4,11-16H2,1-3H3. The first kappa shape index (κ1) is 25.7. The quantitative estimate of drug-likeness (QED) is 0.281. The van der Waals surface area contributed by atoms with Crippen molar-refractivity contribution in [1.29, 1.82) is 0 Å². The number of carbonyl (C=O) groups is 3. The van der Waals surface area contributed by atoms with E-state index in [2.05, 4.69) is 4.90 Å². The third kappa shape index (κ3) is 5.22. The molecule has 2 aromatic rings. The molecular weight excluding hydrogens is 464 g/mol. The van der Waals surface area contributed by atoms with Gasteiger partial charge in [-0.1, -0.05) is 6.07 Å². The molecule has 9 nitrogen and oxygen atoms in total. The van der Waals surface area contributed by atoms with E-state index in [1.54, 1.807) is 42.5 Å². The number of methoxy groups -OCH3 is 3. The Hall–Kier alpha value is -3.43. The molecule has 0 bridgehead atoms. The van der Waals surface area contributed by atoms with Crippen molar-refractivity contribution in [3.05, 3.63) is 53.6 Å². The average Bonchev–Trinajstić information content (AvgIpc) is 3.18. The molecule has 0 aromatic heterocycles. The van der Waals surface area contributed by atoms with Crippen molar-refractivity contribution >= 4 is 17.5 Å². The van der Waals surface area contributed by atoms with Gasteiger partial charge in [-0.25, -0.2) is 0 Å². The summed E-state index contributed by atoms with van der Waals surface area (Å²) in [5, 5.41) is 0. The Morgan fingerprint density at radius 2 is 1.61 bits per heavy atom. The molecule has 0 spiro atoms. The zero-order chi connectivity index (χ0) is 25.7. The van der Waals surface area contributed by atoms with Crippen LogP contribution in [0.1, 0.15) is 28.4 Å². The fourth-order valence-electron chi connectivity index (χ4n) is 4.86. The first-order valence-corrected chi connectivity index (χ1v) is 12.0. The molecule has 2 aliphatic heterocycles. The molecule has 0 aliphatic carbocycles.